The van der Waals surface area contributed by atoms with Gasteiger partial charge < -0.3 is 14.8 Å². The first-order chi connectivity index (χ1) is 9.28. The van der Waals surface area contributed by atoms with Crippen molar-refractivity contribution in [1.29, 1.82) is 0 Å². The molecule has 0 bridgehead atoms. The van der Waals surface area contributed by atoms with Crippen molar-refractivity contribution in [2.75, 3.05) is 13.2 Å². The molecule has 1 heterocycles. The van der Waals surface area contributed by atoms with Crippen LogP contribution < -0.4 is 10.1 Å². The summed E-state index contributed by atoms with van der Waals surface area (Å²) in [6, 6.07) is 2.03. The summed E-state index contributed by atoms with van der Waals surface area (Å²) in [4.78, 5) is 4.33. The molecule has 0 aliphatic heterocycles. The number of aromatic nitrogens is 1. The largest absolute Gasteiger partial charge is 0.475 e. The van der Waals surface area contributed by atoms with E-state index in [0.717, 1.165) is 16.6 Å². The molecule has 1 aromatic rings. The Labute approximate surface area is 130 Å². The number of ether oxygens (including phenoxy) is 2. The van der Waals surface area contributed by atoms with Gasteiger partial charge in [-0.05, 0) is 56.6 Å². The van der Waals surface area contributed by atoms with E-state index in [1.165, 1.54) is 0 Å². The molecule has 5 heteroatoms. The van der Waals surface area contributed by atoms with Gasteiger partial charge in [0.15, 0.2) is 0 Å². The number of hydrogen-bond acceptors (Lipinski definition) is 4. The van der Waals surface area contributed by atoms with Gasteiger partial charge in [-0.25, -0.2) is 4.98 Å². The summed E-state index contributed by atoms with van der Waals surface area (Å²) in [5, 5.41) is 3.44. The summed E-state index contributed by atoms with van der Waals surface area (Å²) < 4.78 is 12.1. The Morgan fingerprint density at radius 2 is 2.00 bits per heavy atom. The monoisotopic (exact) mass is 344 g/mol. The molecule has 0 atom stereocenters. The lowest BCUT2D eigenvalue weighted by Crippen LogP contribution is -2.35. The Morgan fingerprint density at radius 3 is 2.60 bits per heavy atom. The van der Waals surface area contributed by atoms with Gasteiger partial charge in [-0.2, -0.15) is 0 Å². The van der Waals surface area contributed by atoms with Crippen LogP contribution in [0, 0.1) is 0 Å². The van der Waals surface area contributed by atoms with Crippen LogP contribution in [0.2, 0.25) is 0 Å². The third kappa shape index (κ3) is 7.22. The number of hydrogen-bond donors (Lipinski definition) is 1. The molecule has 114 valence electrons. The minimum absolute atomic E-state index is 0.0559. The van der Waals surface area contributed by atoms with Crippen molar-refractivity contribution in [2.45, 2.75) is 52.8 Å². The van der Waals surface area contributed by atoms with E-state index in [1.807, 2.05) is 19.9 Å². The zero-order valence-electron chi connectivity index (χ0n) is 13.0. The Balaban J connectivity index is 2.60. The molecule has 20 heavy (non-hydrogen) atoms. The first-order valence-electron chi connectivity index (χ1n) is 6.92. The molecule has 0 aliphatic rings. The van der Waals surface area contributed by atoms with Crippen LogP contribution in [0.15, 0.2) is 16.7 Å². The van der Waals surface area contributed by atoms with Crippen LogP contribution >= 0.6 is 15.9 Å². The number of halogens is 1. The van der Waals surface area contributed by atoms with Crippen LogP contribution in [0.1, 0.15) is 40.2 Å². The van der Waals surface area contributed by atoms with Crippen LogP contribution in [0.5, 0.6) is 5.88 Å². The topological polar surface area (TPSA) is 43.4 Å². The van der Waals surface area contributed by atoms with E-state index >= 15 is 0 Å². The molecule has 0 aromatic carbocycles. The fourth-order valence-electron chi connectivity index (χ4n) is 1.51. The SMILES string of the molecule is CC(C)OCCOc1ncc(Br)cc1CNC(C)(C)C. The van der Waals surface area contributed by atoms with Gasteiger partial charge in [0.1, 0.15) is 6.61 Å². The second kappa shape index (κ2) is 7.96. The third-order valence-electron chi connectivity index (χ3n) is 2.47. The second-order valence-electron chi connectivity index (χ2n) is 5.99. The quantitative estimate of drug-likeness (QED) is 0.768. The molecule has 0 amide bonds. The lowest BCUT2D eigenvalue weighted by Gasteiger charge is -2.21. The van der Waals surface area contributed by atoms with E-state index in [4.69, 9.17) is 9.47 Å². The highest BCUT2D eigenvalue weighted by atomic mass is 79.9. The molecule has 0 spiro atoms. The van der Waals surface area contributed by atoms with Crippen molar-refractivity contribution in [3.05, 3.63) is 22.3 Å². The number of nitrogens with one attached hydrogen (secondary N) is 1. The molecule has 0 saturated heterocycles. The predicted octanol–water partition coefficient (Wildman–Crippen LogP) is 3.54. The molecule has 0 radical (unpaired) electrons. The molecule has 1 aromatic heterocycles. The number of pyridine rings is 1. The van der Waals surface area contributed by atoms with Crippen LogP contribution in [0.25, 0.3) is 0 Å². The summed E-state index contributed by atoms with van der Waals surface area (Å²) in [6.07, 6.45) is 1.97. The van der Waals surface area contributed by atoms with Gasteiger partial charge in [-0.15, -0.1) is 0 Å². The minimum atomic E-state index is 0.0559. The Bertz CT molecular complexity index is 417. The zero-order chi connectivity index (χ0) is 15.2. The number of nitrogens with zero attached hydrogens (tertiary/aromatic N) is 1. The molecule has 4 nitrogen and oxygen atoms in total. The molecular formula is C15H25BrN2O2. The fourth-order valence-corrected chi connectivity index (χ4v) is 1.89. The van der Waals surface area contributed by atoms with Gasteiger partial charge >= 0.3 is 0 Å². The lowest BCUT2D eigenvalue weighted by atomic mass is 10.1. The average Bonchev–Trinajstić information content (AvgIpc) is 2.32. The molecule has 0 unspecified atom stereocenters. The van der Waals surface area contributed by atoms with Gasteiger partial charge in [-0.3, -0.25) is 0 Å². The summed E-state index contributed by atoms with van der Waals surface area (Å²) in [6.45, 7) is 12.2. The maximum atomic E-state index is 5.71. The molecule has 1 N–H and O–H groups in total. The maximum Gasteiger partial charge on any atom is 0.217 e. The van der Waals surface area contributed by atoms with Gasteiger partial charge in [-0.1, -0.05) is 0 Å². The highest BCUT2D eigenvalue weighted by molar-refractivity contribution is 9.10. The smallest absolute Gasteiger partial charge is 0.217 e. The molecule has 0 fully saturated rings. The van der Waals surface area contributed by atoms with Gasteiger partial charge in [0, 0.05) is 28.3 Å². The first-order valence-corrected chi connectivity index (χ1v) is 7.71. The Kier molecular flexibility index (Phi) is 6.92. The fraction of sp³-hybridized carbons (Fsp3) is 0.667. The van der Waals surface area contributed by atoms with Crippen molar-refractivity contribution in [3.8, 4) is 5.88 Å². The summed E-state index contributed by atoms with van der Waals surface area (Å²) in [5.74, 6) is 0.664. The molecule has 1 rings (SSSR count). The summed E-state index contributed by atoms with van der Waals surface area (Å²) in [7, 11) is 0. The van der Waals surface area contributed by atoms with E-state index in [9.17, 15) is 0 Å². The van der Waals surface area contributed by atoms with Gasteiger partial charge in [0.25, 0.3) is 0 Å². The van der Waals surface area contributed by atoms with E-state index in [1.54, 1.807) is 6.20 Å². The highest BCUT2D eigenvalue weighted by Gasteiger charge is 2.12. The van der Waals surface area contributed by atoms with Crippen molar-refractivity contribution in [1.82, 2.24) is 10.3 Å². The zero-order valence-corrected chi connectivity index (χ0v) is 14.6. The summed E-state index contributed by atoms with van der Waals surface area (Å²) in [5.41, 5.74) is 1.10. The van der Waals surface area contributed by atoms with Crippen molar-refractivity contribution >= 4 is 15.9 Å². The Hall–Kier alpha value is -0.650. The van der Waals surface area contributed by atoms with E-state index in [-0.39, 0.29) is 11.6 Å². The van der Waals surface area contributed by atoms with Gasteiger partial charge in [0.2, 0.25) is 5.88 Å². The molecule has 0 saturated carbocycles. The highest BCUT2D eigenvalue weighted by Crippen LogP contribution is 2.20. The molecule has 0 aliphatic carbocycles. The van der Waals surface area contributed by atoms with Crippen LogP contribution in [0.4, 0.5) is 0 Å². The second-order valence-corrected chi connectivity index (χ2v) is 6.91. The first kappa shape index (κ1) is 17.4. The maximum absolute atomic E-state index is 5.71. The minimum Gasteiger partial charge on any atom is -0.475 e. The van der Waals surface area contributed by atoms with Crippen molar-refractivity contribution in [2.24, 2.45) is 0 Å². The standard InChI is InChI=1S/C15H25BrN2O2/c1-11(2)19-6-7-20-14-12(8-13(16)10-17-14)9-18-15(3,4)5/h8,10-11,18H,6-7,9H2,1-5H3. The van der Waals surface area contributed by atoms with Gasteiger partial charge in [0.05, 0.1) is 12.7 Å². The molecular weight excluding hydrogens is 320 g/mol. The van der Waals surface area contributed by atoms with Crippen LogP contribution in [0.3, 0.4) is 0 Å². The predicted molar refractivity (Wildman–Crippen MR) is 85.1 cm³/mol. The van der Waals surface area contributed by atoms with Crippen LogP contribution in [-0.4, -0.2) is 29.8 Å². The van der Waals surface area contributed by atoms with Crippen molar-refractivity contribution in [3.63, 3.8) is 0 Å². The van der Waals surface area contributed by atoms with Crippen molar-refractivity contribution < 1.29 is 9.47 Å². The van der Waals surface area contributed by atoms with E-state index in [0.29, 0.717) is 19.1 Å². The van der Waals surface area contributed by atoms with Crippen LogP contribution in [-0.2, 0) is 11.3 Å². The normalized spacial score (nSPS) is 11.9. The number of rotatable bonds is 7. The van der Waals surface area contributed by atoms with E-state index < -0.39 is 0 Å². The average molecular weight is 345 g/mol. The third-order valence-corrected chi connectivity index (χ3v) is 2.91. The van der Waals surface area contributed by atoms with E-state index in [2.05, 4.69) is 47.0 Å². The lowest BCUT2D eigenvalue weighted by molar-refractivity contribution is 0.0539. The Morgan fingerprint density at radius 1 is 1.30 bits per heavy atom. The summed E-state index contributed by atoms with van der Waals surface area (Å²) >= 11 is 3.45.